The number of nitrogens with zero attached hydrogens (tertiary/aromatic N) is 1. The maximum absolute atomic E-state index is 12.7. The van der Waals surface area contributed by atoms with Gasteiger partial charge >= 0.3 is 5.97 Å². The van der Waals surface area contributed by atoms with E-state index in [1.807, 2.05) is 0 Å². The van der Waals surface area contributed by atoms with E-state index in [1.54, 1.807) is 37.3 Å². The number of carbonyl (C=O) groups excluding carboxylic acids is 2. The molecule has 2 heterocycles. The summed E-state index contributed by atoms with van der Waals surface area (Å²) in [6, 6.07) is 8.60. The molecule has 1 aliphatic rings. The Bertz CT molecular complexity index is 1040. The van der Waals surface area contributed by atoms with Gasteiger partial charge in [-0.25, -0.2) is 4.79 Å². The fraction of sp³-hybridized carbons (Fsp3) is 0.250. The van der Waals surface area contributed by atoms with Gasteiger partial charge in [-0.3, -0.25) is 4.79 Å². The molecular formula is C20H17ClN2O4S. The summed E-state index contributed by atoms with van der Waals surface area (Å²) in [4.78, 5) is 26.2. The molecular weight excluding hydrogens is 400 g/mol. The van der Waals surface area contributed by atoms with E-state index in [4.69, 9.17) is 20.9 Å². The summed E-state index contributed by atoms with van der Waals surface area (Å²) in [6.07, 6.45) is 2.74. The van der Waals surface area contributed by atoms with E-state index in [9.17, 15) is 9.59 Å². The van der Waals surface area contributed by atoms with Crippen molar-refractivity contribution in [3.8, 4) is 11.3 Å². The summed E-state index contributed by atoms with van der Waals surface area (Å²) in [6.45, 7) is 2.04. The van der Waals surface area contributed by atoms with Gasteiger partial charge in [0, 0.05) is 21.5 Å². The first-order chi connectivity index (χ1) is 13.6. The highest BCUT2D eigenvalue weighted by Crippen LogP contribution is 2.39. The minimum absolute atomic E-state index is 0.133. The first kappa shape index (κ1) is 18.7. The minimum Gasteiger partial charge on any atom is -0.462 e. The molecule has 0 spiro atoms. The summed E-state index contributed by atoms with van der Waals surface area (Å²) < 4.78 is 10.5. The Morgan fingerprint density at radius 2 is 2.07 bits per heavy atom. The normalized spacial score (nSPS) is 12.6. The van der Waals surface area contributed by atoms with Gasteiger partial charge in [0.2, 0.25) is 0 Å². The molecule has 0 saturated carbocycles. The molecule has 1 aromatic carbocycles. The Kier molecular flexibility index (Phi) is 5.19. The Morgan fingerprint density at radius 1 is 1.29 bits per heavy atom. The van der Waals surface area contributed by atoms with Crippen molar-refractivity contribution >= 4 is 39.8 Å². The van der Waals surface area contributed by atoms with Gasteiger partial charge in [0.15, 0.2) is 11.5 Å². The molecule has 3 aromatic rings. The van der Waals surface area contributed by atoms with Gasteiger partial charge in [-0.1, -0.05) is 16.8 Å². The van der Waals surface area contributed by atoms with Gasteiger partial charge in [0.25, 0.3) is 5.91 Å². The number of aromatic nitrogens is 1. The average Bonchev–Trinajstić information content (AvgIpc) is 3.38. The SMILES string of the molecule is CCOC(=O)c1c(NC(=O)c2cc(-c3ccc(Cl)cc3)on2)sc2c1CCC2. The summed E-state index contributed by atoms with van der Waals surface area (Å²) >= 11 is 7.32. The third-order valence-electron chi connectivity index (χ3n) is 4.50. The number of benzene rings is 1. The summed E-state index contributed by atoms with van der Waals surface area (Å²) in [5.74, 6) is -0.380. The van der Waals surface area contributed by atoms with Crippen LogP contribution in [0.4, 0.5) is 5.00 Å². The van der Waals surface area contributed by atoms with Crippen molar-refractivity contribution in [3.05, 3.63) is 57.1 Å². The number of carbonyl (C=O) groups is 2. The number of thiophene rings is 1. The van der Waals surface area contributed by atoms with Crippen LogP contribution in [0.15, 0.2) is 34.9 Å². The number of aryl methyl sites for hydroxylation is 1. The van der Waals surface area contributed by atoms with Crippen molar-refractivity contribution in [2.24, 2.45) is 0 Å². The molecule has 144 valence electrons. The van der Waals surface area contributed by atoms with Crippen molar-refractivity contribution in [2.45, 2.75) is 26.2 Å². The van der Waals surface area contributed by atoms with Crippen LogP contribution < -0.4 is 5.32 Å². The second-order valence-electron chi connectivity index (χ2n) is 6.32. The van der Waals surface area contributed by atoms with Gasteiger partial charge in [-0.15, -0.1) is 11.3 Å². The summed E-state index contributed by atoms with van der Waals surface area (Å²) in [5.41, 5.74) is 2.35. The first-order valence-electron chi connectivity index (χ1n) is 8.92. The highest BCUT2D eigenvalue weighted by Gasteiger charge is 2.29. The molecule has 6 nitrogen and oxygen atoms in total. The number of anilines is 1. The van der Waals surface area contributed by atoms with Crippen molar-refractivity contribution in [1.29, 1.82) is 0 Å². The summed E-state index contributed by atoms with van der Waals surface area (Å²) in [7, 11) is 0. The van der Waals surface area contributed by atoms with E-state index in [1.165, 1.54) is 11.3 Å². The molecule has 2 aromatic heterocycles. The molecule has 0 saturated heterocycles. The number of ether oxygens (including phenoxy) is 1. The van der Waals surface area contributed by atoms with E-state index < -0.39 is 11.9 Å². The van der Waals surface area contributed by atoms with Crippen LogP contribution in [0.25, 0.3) is 11.3 Å². The van der Waals surface area contributed by atoms with Crippen LogP contribution >= 0.6 is 22.9 Å². The van der Waals surface area contributed by atoms with Crippen LogP contribution in [-0.2, 0) is 17.6 Å². The van der Waals surface area contributed by atoms with Gasteiger partial charge in [-0.05, 0) is 56.0 Å². The predicted molar refractivity (Wildman–Crippen MR) is 107 cm³/mol. The molecule has 0 unspecified atom stereocenters. The third-order valence-corrected chi connectivity index (χ3v) is 5.96. The number of hydrogen-bond acceptors (Lipinski definition) is 6. The van der Waals surface area contributed by atoms with E-state index in [2.05, 4.69) is 10.5 Å². The minimum atomic E-state index is -0.436. The molecule has 0 aliphatic heterocycles. The maximum atomic E-state index is 12.7. The lowest BCUT2D eigenvalue weighted by atomic mass is 10.1. The average molecular weight is 417 g/mol. The lowest BCUT2D eigenvalue weighted by Gasteiger charge is -2.06. The number of hydrogen-bond donors (Lipinski definition) is 1. The quantitative estimate of drug-likeness (QED) is 0.593. The van der Waals surface area contributed by atoms with Crippen LogP contribution in [0.5, 0.6) is 0 Å². The highest BCUT2D eigenvalue weighted by molar-refractivity contribution is 7.17. The van der Waals surface area contributed by atoms with Crippen LogP contribution in [0.3, 0.4) is 0 Å². The van der Waals surface area contributed by atoms with Crippen molar-refractivity contribution in [3.63, 3.8) is 0 Å². The molecule has 1 N–H and O–H groups in total. The molecule has 8 heteroatoms. The lowest BCUT2D eigenvalue weighted by molar-refractivity contribution is 0.0527. The van der Waals surface area contributed by atoms with Crippen LogP contribution in [-0.4, -0.2) is 23.6 Å². The first-order valence-corrected chi connectivity index (χ1v) is 10.1. The fourth-order valence-corrected chi connectivity index (χ4v) is 4.61. The van der Waals surface area contributed by atoms with E-state index in [0.29, 0.717) is 21.3 Å². The molecule has 1 aliphatic carbocycles. The fourth-order valence-electron chi connectivity index (χ4n) is 3.21. The summed E-state index contributed by atoms with van der Waals surface area (Å²) in [5, 5.41) is 7.77. The Morgan fingerprint density at radius 3 is 2.82 bits per heavy atom. The molecule has 0 bridgehead atoms. The molecule has 28 heavy (non-hydrogen) atoms. The zero-order valence-corrected chi connectivity index (χ0v) is 16.7. The molecule has 1 amide bonds. The van der Waals surface area contributed by atoms with Crippen molar-refractivity contribution < 1.29 is 18.8 Å². The Balaban J connectivity index is 1.58. The molecule has 0 atom stereocenters. The Labute approximate surface area is 170 Å². The standard InChI is InChI=1S/C20H17ClN2O4S/c1-2-26-20(25)17-13-4-3-5-16(13)28-19(17)22-18(24)14-10-15(27-23-14)11-6-8-12(21)9-7-11/h6-10H,2-5H2,1H3,(H,22,24). The van der Waals surface area contributed by atoms with E-state index >= 15 is 0 Å². The second-order valence-corrected chi connectivity index (χ2v) is 7.86. The van der Waals surface area contributed by atoms with Gasteiger partial charge < -0.3 is 14.6 Å². The van der Waals surface area contributed by atoms with Crippen LogP contribution in [0, 0.1) is 0 Å². The smallest absolute Gasteiger partial charge is 0.341 e. The maximum Gasteiger partial charge on any atom is 0.341 e. The van der Waals surface area contributed by atoms with Gasteiger partial charge in [-0.2, -0.15) is 0 Å². The largest absolute Gasteiger partial charge is 0.462 e. The van der Waals surface area contributed by atoms with E-state index in [-0.39, 0.29) is 12.3 Å². The lowest BCUT2D eigenvalue weighted by Crippen LogP contribution is -2.15. The van der Waals surface area contributed by atoms with Crippen molar-refractivity contribution in [2.75, 3.05) is 11.9 Å². The number of amides is 1. The van der Waals surface area contributed by atoms with E-state index in [0.717, 1.165) is 35.3 Å². The topological polar surface area (TPSA) is 81.4 Å². The van der Waals surface area contributed by atoms with Crippen molar-refractivity contribution in [1.82, 2.24) is 5.16 Å². The van der Waals surface area contributed by atoms with Gasteiger partial charge in [0.05, 0.1) is 12.2 Å². The molecule has 0 radical (unpaired) electrons. The molecule has 4 rings (SSSR count). The number of esters is 1. The third kappa shape index (κ3) is 3.55. The number of rotatable bonds is 5. The molecule has 0 fully saturated rings. The van der Waals surface area contributed by atoms with Crippen LogP contribution in [0.2, 0.25) is 5.02 Å². The second kappa shape index (κ2) is 7.77. The Hall–Kier alpha value is -2.64. The number of nitrogens with one attached hydrogen (secondary N) is 1. The zero-order valence-electron chi connectivity index (χ0n) is 15.1. The van der Waals surface area contributed by atoms with Crippen LogP contribution in [0.1, 0.15) is 44.6 Å². The monoisotopic (exact) mass is 416 g/mol. The number of halogens is 1. The number of fused-ring (bicyclic) bond motifs is 1. The van der Waals surface area contributed by atoms with Gasteiger partial charge in [0.1, 0.15) is 5.00 Å². The predicted octanol–water partition coefficient (Wildman–Crippen LogP) is 4.97. The highest BCUT2D eigenvalue weighted by atomic mass is 35.5. The zero-order chi connectivity index (χ0) is 19.7.